The van der Waals surface area contributed by atoms with Gasteiger partial charge in [-0.15, -0.1) is 0 Å². The summed E-state index contributed by atoms with van der Waals surface area (Å²) in [5, 5.41) is 10.2. The molecular formula is C23H26F4N6O2. The van der Waals surface area contributed by atoms with Crippen molar-refractivity contribution in [2.24, 2.45) is 5.92 Å². The molecule has 1 amide bonds. The number of hydrogen-bond acceptors (Lipinski definition) is 6. The molecule has 1 aliphatic carbocycles. The van der Waals surface area contributed by atoms with Crippen LogP contribution in [0.2, 0.25) is 0 Å². The number of rotatable bonds is 7. The fourth-order valence-electron chi connectivity index (χ4n) is 4.44. The van der Waals surface area contributed by atoms with Crippen LogP contribution in [0.5, 0.6) is 0 Å². The lowest BCUT2D eigenvalue weighted by atomic mass is 10.0. The molecular weight excluding hydrogens is 468 g/mol. The number of halogens is 4. The SMILES string of the molecule is CN1CC[C@H](Nc2cccc3c2cc(-c2nc(CNC(=O)C4CC4)no2)n3CC(F)(F)F)[C@H](F)C1. The van der Waals surface area contributed by atoms with Crippen molar-refractivity contribution in [3.05, 3.63) is 30.1 Å². The van der Waals surface area contributed by atoms with Gasteiger partial charge in [0.2, 0.25) is 5.91 Å². The smallest absolute Gasteiger partial charge is 0.379 e. The predicted octanol–water partition coefficient (Wildman–Crippen LogP) is 3.73. The zero-order chi connectivity index (χ0) is 24.7. The van der Waals surface area contributed by atoms with E-state index in [4.69, 9.17) is 4.52 Å². The van der Waals surface area contributed by atoms with E-state index in [1.807, 2.05) is 11.9 Å². The first kappa shape index (κ1) is 23.6. The summed E-state index contributed by atoms with van der Waals surface area (Å²) in [7, 11) is 1.85. The number of nitrogens with zero attached hydrogens (tertiary/aromatic N) is 4. The fraction of sp³-hybridized carbons (Fsp3) is 0.522. The highest BCUT2D eigenvalue weighted by Crippen LogP contribution is 2.35. The standard InChI is InChI=1S/C23H26F4N6O2/c1-32-8-7-17(15(24)11-32)29-16-3-2-4-18-14(16)9-19(33(18)12-23(25,26)27)22-30-20(31-35-22)10-28-21(34)13-5-6-13/h2-4,9,13,15,17,29H,5-8,10-12H2,1H3,(H,28,34)/t15-,17+/m1/s1. The quantitative estimate of drug-likeness (QED) is 0.487. The summed E-state index contributed by atoms with van der Waals surface area (Å²) in [5.41, 5.74) is 0.949. The molecule has 188 valence electrons. The molecule has 2 aromatic heterocycles. The molecule has 1 saturated heterocycles. The fourth-order valence-corrected chi connectivity index (χ4v) is 4.44. The number of carbonyl (C=O) groups is 1. The highest BCUT2D eigenvalue weighted by Gasteiger charge is 2.33. The average Bonchev–Trinajstić information content (AvgIpc) is 3.44. The largest absolute Gasteiger partial charge is 0.406 e. The molecule has 3 aromatic rings. The van der Waals surface area contributed by atoms with E-state index >= 15 is 0 Å². The lowest BCUT2D eigenvalue weighted by molar-refractivity contribution is -0.139. The molecule has 12 heteroatoms. The zero-order valence-corrected chi connectivity index (χ0v) is 19.1. The predicted molar refractivity (Wildman–Crippen MR) is 120 cm³/mol. The summed E-state index contributed by atoms with van der Waals surface area (Å²) in [6.45, 7) is -0.225. The van der Waals surface area contributed by atoms with Crippen LogP contribution in [0.25, 0.3) is 22.5 Å². The van der Waals surface area contributed by atoms with E-state index in [0.29, 0.717) is 23.0 Å². The number of anilines is 1. The topological polar surface area (TPSA) is 88.2 Å². The molecule has 5 rings (SSSR count). The van der Waals surface area contributed by atoms with Gasteiger partial charge in [0.15, 0.2) is 5.82 Å². The Bertz CT molecular complexity index is 1220. The molecule has 1 saturated carbocycles. The molecule has 3 heterocycles. The van der Waals surface area contributed by atoms with E-state index in [2.05, 4.69) is 20.8 Å². The number of benzene rings is 1. The van der Waals surface area contributed by atoms with E-state index < -0.39 is 24.9 Å². The number of amides is 1. The lowest BCUT2D eigenvalue weighted by Gasteiger charge is -2.33. The number of alkyl halides is 4. The minimum absolute atomic E-state index is 0.00934. The Hall–Kier alpha value is -3.15. The van der Waals surface area contributed by atoms with Gasteiger partial charge < -0.3 is 24.6 Å². The highest BCUT2D eigenvalue weighted by atomic mass is 19.4. The molecule has 8 nitrogen and oxygen atoms in total. The van der Waals surface area contributed by atoms with Crippen LogP contribution in [0.15, 0.2) is 28.8 Å². The summed E-state index contributed by atoms with van der Waals surface area (Å²) in [6, 6.07) is 6.03. The Labute approximate surface area is 198 Å². The normalized spacial score (nSPS) is 21.4. The van der Waals surface area contributed by atoms with Gasteiger partial charge in [-0.25, -0.2) is 4.39 Å². The van der Waals surface area contributed by atoms with E-state index in [1.165, 1.54) is 0 Å². The van der Waals surface area contributed by atoms with Crippen molar-refractivity contribution in [2.75, 3.05) is 25.5 Å². The van der Waals surface area contributed by atoms with Gasteiger partial charge in [-0.2, -0.15) is 18.2 Å². The van der Waals surface area contributed by atoms with E-state index in [9.17, 15) is 22.4 Å². The Balaban J connectivity index is 1.46. The molecule has 2 aliphatic rings. The van der Waals surface area contributed by atoms with Crippen molar-refractivity contribution >= 4 is 22.5 Å². The minimum Gasteiger partial charge on any atom is -0.379 e. The molecule has 2 N–H and O–H groups in total. The molecule has 0 spiro atoms. The summed E-state index contributed by atoms with van der Waals surface area (Å²) in [5.74, 6) is -0.00842. The van der Waals surface area contributed by atoms with Crippen LogP contribution in [0.1, 0.15) is 25.1 Å². The second-order valence-corrected chi connectivity index (χ2v) is 9.29. The Kier molecular flexibility index (Phi) is 6.16. The Morgan fingerprint density at radius 2 is 2.06 bits per heavy atom. The van der Waals surface area contributed by atoms with Gasteiger partial charge in [0, 0.05) is 30.1 Å². The molecule has 35 heavy (non-hydrogen) atoms. The first-order valence-corrected chi connectivity index (χ1v) is 11.6. The van der Waals surface area contributed by atoms with Crippen molar-refractivity contribution < 1.29 is 26.9 Å². The first-order valence-electron chi connectivity index (χ1n) is 11.6. The minimum atomic E-state index is -4.50. The monoisotopic (exact) mass is 494 g/mol. The van der Waals surface area contributed by atoms with E-state index in [-0.39, 0.29) is 42.3 Å². The van der Waals surface area contributed by atoms with Gasteiger partial charge in [0.25, 0.3) is 5.89 Å². The summed E-state index contributed by atoms with van der Waals surface area (Å²) in [4.78, 5) is 18.0. The van der Waals surface area contributed by atoms with Gasteiger partial charge in [0.1, 0.15) is 18.4 Å². The van der Waals surface area contributed by atoms with Gasteiger partial charge in [0.05, 0.1) is 18.1 Å². The molecule has 0 bridgehead atoms. The molecule has 2 fully saturated rings. The summed E-state index contributed by atoms with van der Waals surface area (Å²) >= 11 is 0. The third-order valence-electron chi connectivity index (χ3n) is 6.42. The van der Waals surface area contributed by atoms with Crippen LogP contribution >= 0.6 is 0 Å². The van der Waals surface area contributed by atoms with Crippen molar-refractivity contribution in [2.45, 2.75) is 50.7 Å². The number of piperidine rings is 1. The molecule has 1 aromatic carbocycles. The maximum atomic E-state index is 14.6. The van der Waals surface area contributed by atoms with Crippen LogP contribution in [-0.4, -0.2) is 64.0 Å². The number of aromatic nitrogens is 3. The van der Waals surface area contributed by atoms with Gasteiger partial charge in [-0.1, -0.05) is 11.2 Å². The second kappa shape index (κ2) is 9.14. The van der Waals surface area contributed by atoms with Crippen molar-refractivity contribution in [3.8, 4) is 11.6 Å². The van der Waals surface area contributed by atoms with E-state index in [1.54, 1.807) is 24.3 Å². The van der Waals surface area contributed by atoms with Crippen LogP contribution < -0.4 is 10.6 Å². The zero-order valence-electron chi connectivity index (χ0n) is 19.1. The third kappa shape index (κ3) is 5.26. The van der Waals surface area contributed by atoms with E-state index in [0.717, 1.165) is 24.0 Å². The number of nitrogens with one attached hydrogen (secondary N) is 2. The number of hydrogen-bond donors (Lipinski definition) is 2. The van der Waals surface area contributed by atoms with Crippen LogP contribution in [-0.2, 0) is 17.9 Å². The van der Waals surface area contributed by atoms with Crippen LogP contribution in [0.4, 0.5) is 23.2 Å². The molecule has 0 unspecified atom stereocenters. The van der Waals surface area contributed by atoms with Crippen LogP contribution in [0, 0.1) is 5.92 Å². The molecule has 0 radical (unpaired) electrons. The Morgan fingerprint density at radius 1 is 1.26 bits per heavy atom. The maximum absolute atomic E-state index is 14.6. The number of fused-ring (bicyclic) bond motifs is 1. The third-order valence-corrected chi connectivity index (χ3v) is 6.42. The summed E-state index contributed by atoms with van der Waals surface area (Å²) < 4.78 is 61.5. The van der Waals surface area contributed by atoms with Gasteiger partial charge >= 0.3 is 6.18 Å². The van der Waals surface area contributed by atoms with Crippen molar-refractivity contribution in [1.82, 2.24) is 24.9 Å². The molecule has 2 atom stereocenters. The second-order valence-electron chi connectivity index (χ2n) is 9.29. The first-order chi connectivity index (χ1) is 16.7. The highest BCUT2D eigenvalue weighted by molar-refractivity contribution is 5.96. The maximum Gasteiger partial charge on any atom is 0.406 e. The summed E-state index contributed by atoms with van der Waals surface area (Å²) in [6.07, 6.45) is -3.34. The number of carbonyl (C=O) groups excluding carboxylic acids is 1. The molecule has 1 aliphatic heterocycles. The van der Waals surface area contributed by atoms with Crippen LogP contribution in [0.3, 0.4) is 0 Å². The van der Waals surface area contributed by atoms with Crippen molar-refractivity contribution in [3.63, 3.8) is 0 Å². The van der Waals surface area contributed by atoms with Crippen molar-refractivity contribution in [1.29, 1.82) is 0 Å². The van der Waals surface area contributed by atoms with Gasteiger partial charge in [-0.05, 0) is 44.5 Å². The average molecular weight is 494 g/mol. The van der Waals surface area contributed by atoms with Gasteiger partial charge in [-0.3, -0.25) is 4.79 Å². The lowest BCUT2D eigenvalue weighted by Crippen LogP contribution is -2.46. The Morgan fingerprint density at radius 3 is 2.77 bits per heavy atom. The number of likely N-dealkylation sites (tertiary alicyclic amines) is 1.